The second-order valence-corrected chi connectivity index (χ2v) is 11.1. The van der Waals surface area contributed by atoms with Crippen molar-refractivity contribution in [3.8, 4) is 17.2 Å². The van der Waals surface area contributed by atoms with Crippen molar-refractivity contribution in [2.24, 2.45) is 5.41 Å². The van der Waals surface area contributed by atoms with E-state index in [0.29, 0.717) is 30.2 Å². The summed E-state index contributed by atoms with van der Waals surface area (Å²) in [6.45, 7) is 11.6. The lowest BCUT2D eigenvalue weighted by atomic mass is 9.97. The summed E-state index contributed by atoms with van der Waals surface area (Å²) < 4.78 is 18.9. The van der Waals surface area contributed by atoms with E-state index in [0.717, 1.165) is 28.2 Å². The van der Waals surface area contributed by atoms with Crippen LogP contribution in [0.25, 0.3) is 17.2 Å². The number of anilines is 2. The summed E-state index contributed by atoms with van der Waals surface area (Å²) in [5, 5.41) is 17.6. The molecule has 4 aromatic rings. The lowest BCUT2D eigenvalue weighted by Crippen LogP contribution is -2.38. The van der Waals surface area contributed by atoms with Gasteiger partial charge in [0, 0.05) is 32.0 Å². The number of carbonyl (C=O) groups excluding carboxylic acids is 2. The number of nitrogens with zero attached hydrogens (tertiary/aromatic N) is 5. The molecule has 1 aliphatic heterocycles. The monoisotopic (exact) mass is 573 g/mol. The Morgan fingerprint density at radius 1 is 1.10 bits per heavy atom. The van der Waals surface area contributed by atoms with Crippen molar-refractivity contribution in [2.75, 3.05) is 16.8 Å². The van der Waals surface area contributed by atoms with Crippen molar-refractivity contribution in [3.05, 3.63) is 71.4 Å². The van der Waals surface area contributed by atoms with Crippen molar-refractivity contribution in [2.45, 2.75) is 60.7 Å². The average molecular weight is 574 g/mol. The first-order valence-electron chi connectivity index (χ1n) is 13.8. The standard InChI is InChI=1S/C30H35N7O5/c1-7-40-29-31-23-10-8-9-22(27(38)41-19(3)42-28(39)30(4,5)6)25(23)37(29)17-20-11-13-21(14-12-20)36-16-18(2)15-24(36)26-32-34-35-33-26/h8-16,19,29,31H,7,17H2,1-6H3,(H,32,33,34,35). The van der Waals surface area contributed by atoms with Crippen molar-refractivity contribution in [1.82, 2.24) is 25.2 Å². The highest BCUT2D eigenvalue weighted by Gasteiger charge is 2.34. The van der Waals surface area contributed by atoms with Gasteiger partial charge in [0.05, 0.1) is 28.0 Å². The Morgan fingerprint density at radius 3 is 2.52 bits per heavy atom. The molecule has 2 aromatic heterocycles. The lowest BCUT2D eigenvalue weighted by molar-refractivity contribution is -0.174. The maximum absolute atomic E-state index is 13.3. The van der Waals surface area contributed by atoms with E-state index in [1.807, 2.05) is 65.9 Å². The summed E-state index contributed by atoms with van der Waals surface area (Å²) in [6, 6.07) is 15.5. The zero-order chi connectivity index (χ0) is 30.0. The van der Waals surface area contributed by atoms with Crippen LogP contribution in [0.1, 0.15) is 56.1 Å². The summed E-state index contributed by atoms with van der Waals surface area (Å²) in [4.78, 5) is 27.6. The first kappa shape index (κ1) is 28.8. The highest BCUT2D eigenvalue weighted by molar-refractivity contribution is 6.01. The van der Waals surface area contributed by atoms with Crippen LogP contribution < -0.4 is 10.2 Å². The van der Waals surface area contributed by atoms with E-state index in [9.17, 15) is 9.59 Å². The molecule has 12 nitrogen and oxygen atoms in total. The summed E-state index contributed by atoms with van der Waals surface area (Å²) in [5.41, 5.74) is 4.89. The third-order valence-electron chi connectivity index (χ3n) is 6.70. The molecule has 0 saturated heterocycles. The fraction of sp³-hybridized carbons (Fsp3) is 0.367. The van der Waals surface area contributed by atoms with Crippen LogP contribution in [0.5, 0.6) is 0 Å². The number of nitrogens with one attached hydrogen (secondary N) is 2. The molecule has 0 fully saturated rings. The van der Waals surface area contributed by atoms with E-state index >= 15 is 0 Å². The van der Waals surface area contributed by atoms with Gasteiger partial charge in [-0.15, -0.1) is 5.10 Å². The summed E-state index contributed by atoms with van der Waals surface area (Å²) in [5.74, 6) is -0.477. The molecule has 0 spiro atoms. The van der Waals surface area contributed by atoms with Gasteiger partial charge in [-0.3, -0.25) is 4.79 Å². The number of aromatic amines is 1. The van der Waals surface area contributed by atoms with Gasteiger partial charge in [-0.1, -0.05) is 18.2 Å². The van der Waals surface area contributed by atoms with Gasteiger partial charge in [-0.05, 0) is 86.5 Å². The van der Waals surface area contributed by atoms with Gasteiger partial charge < -0.3 is 29.0 Å². The van der Waals surface area contributed by atoms with Crippen LogP contribution in [0.2, 0.25) is 0 Å². The number of hydrogen-bond donors (Lipinski definition) is 2. The number of tetrazole rings is 1. The second-order valence-electron chi connectivity index (χ2n) is 11.1. The number of hydrogen-bond acceptors (Lipinski definition) is 10. The van der Waals surface area contributed by atoms with Gasteiger partial charge in [0.2, 0.25) is 12.6 Å². The van der Waals surface area contributed by atoms with Crippen LogP contribution in [0.3, 0.4) is 0 Å². The minimum absolute atomic E-state index is 0.339. The molecule has 0 aliphatic carbocycles. The molecule has 220 valence electrons. The van der Waals surface area contributed by atoms with Crippen molar-refractivity contribution in [3.63, 3.8) is 0 Å². The summed E-state index contributed by atoms with van der Waals surface area (Å²) in [6.07, 6.45) is 0.483. The highest BCUT2D eigenvalue weighted by Crippen LogP contribution is 2.40. The fourth-order valence-corrected chi connectivity index (χ4v) is 4.70. The van der Waals surface area contributed by atoms with Crippen LogP contribution in [-0.2, 0) is 25.5 Å². The number of ether oxygens (including phenoxy) is 3. The lowest BCUT2D eigenvalue weighted by Gasteiger charge is -2.27. The fourth-order valence-electron chi connectivity index (χ4n) is 4.70. The number of para-hydroxylation sites is 1. The number of carbonyl (C=O) groups is 2. The van der Waals surface area contributed by atoms with Crippen molar-refractivity contribution >= 4 is 23.3 Å². The summed E-state index contributed by atoms with van der Waals surface area (Å²) in [7, 11) is 0. The topological polar surface area (TPSA) is 136 Å². The molecule has 42 heavy (non-hydrogen) atoms. The molecule has 2 N–H and O–H groups in total. The molecule has 0 bridgehead atoms. The third-order valence-corrected chi connectivity index (χ3v) is 6.70. The molecule has 2 atom stereocenters. The maximum atomic E-state index is 13.3. The van der Waals surface area contributed by atoms with Crippen molar-refractivity contribution in [1.29, 1.82) is 0 Å². The maximum Gasteiger partial charge on any atom is 0.343 e. The number of fused-ring (bicyclic) bond motifs is 1. The first-order chi connectivity index (χ1) is 20.0. The Bertz CT molecular complexity index is 1560. The number of aryl methyl sites for hydroxylation is 1. The van der Waals surface area contributed by atoms with Gasteiger partial charge in [-0.25, -0.2) is 9.89 Å². The second kappa shape index (κ2) is 11.6. The summed E-state index contributed by atoms with van der Waals surface area (Å²) >= 11 is 0. The Hall–Kier alpha value is -4.71. The largest absolute Gasteiger partial charge is 0.425 e. The molecule has 0 saturated carbocycles. The molecule has 2 aromatic carbocycles. The minimum atomic E-state index is -1.05. The molecular weight excluding hydrogens is 538 g/mol. The zero-order valence-electron chi connectivity index (χ0n) is 24.5. The van der Waals surface area contributed by atoms with E-state index < -0.39 is 30.0 Å². The number of rotatable bonds is 9. The third kappa shape index (κ3) is 5.98. The minimum Gasteiger partial charge on any atom is -0.425 e. The van der Waals surface area contributed by atoms with E-state index in [4.69, 9.17) is 14.2 Å². The van der Waals surface area contributed by atoms with Crippen molar-refractivity contribution < 1.29 is 23.8 Å². The van der Waals surface area contributed by atoms with E-state index in [2.05, 4.69) is 25.9 Å². The quantitative estimate of drug-likeness (QED) is 0.212. The average Bonchev–Trinajstić information content (AvgIpc) is 3.68. The number of aromatic nitrogens is 5. The van der Waals surface area contributed by atoms with E-state index in [-0.39, 0.29) is 0 Å². The number of H-pyrrole nitrogens is 1. The van der Waals surface area contributed by atoms with E-state index in [1.165, 1.54) is 6.92 Å². The zero-order valence-corrected chi connectivity index (χ0v) is 24.5. The van der Waals surface area contributed by atoms with Crippen LogP contribution >= 0.6 is 0 Å². The van der Waals surface area contributed by atoms with Gasteiger partial charge in [-0.2, -0.15) is 0 Å². The molecule has 3 heterocycles. The Kier molecular flexibility index (Phi) is 7.99. The number of benzene rings is 2. The van der Waals surface area contributed by atoms with E-state index in [1.54, 1.807) is 32.9 Å². The molecule has 0 radical (unpaired) electrons. The highest BCUT2D eigenvalue weighted by atomic mass is 16.7. The molecule has 0 amide bonds. The van der Waals surface area contributed by atoms with Gasteiger partial charge >= 0.3 is 11.9 Å². The first-order valence-corrected chi connectivity index (χ1v) is 13.8. The molecule has 2 unspecified atom stereocenters. The predicted molar refractivity (Wildman–Crippen MR) is 156 cm³/mol. The van der Waals surface area contributed by atoms with Crippen LogP contribution in [0.15, 0.2) is 54.7 Å². The van der Waals surface area contributed by atoms with Crippen LogP contribution in [0, 0.1) is 12.3 Å². The number of esters is 2. The Labute approximate surface area is 244 Å². The van der Waals surface area contributed by atoms with Crippen LogP contribution in [0.4, 0.5) is 11.4 Å². The normalized spacial score (nSPS) is 15.2. The predicted octanol–water partition coefficient (Wildman–Crippen LogP) is 4.81. The molecule has 5 rings (SSSR count). The van der Waals surface area contributed by atoms with Crippen LogP contribution in [-0.4, -0.2) is 56.4 Å². The van der Waals surface area contributed by atoms with Gasteiger partial charge in [0.1, 0.15) is 0 Å². The van der Waals surface area contributed by atoms with Gasteiger partial charge in [0.15, 0.2) is 5.82 Å². The molecule has 1 aliphatic rings. The Balaban J connectivity index is 1.39. The molecular formula is C30H35N7O5. The Morgan fingerprint density at radius 2 is 1.86 bits per heavy atom. The smallest absolute Gasteiger partial charge is 0.343 e. The molecule has 12 heteroatoms. The van der Waals surface area contributed by atoms with Gasteiger partial charge in [0.25, 0.3) is 0 Å². The SMILES string of the molecule is CCOC1Nc2cccc(C(=O)OC(C)OC(=O)C(C)(C)C)c2N1Cc1ccc(-n2cc(C)cc2-c2nnn[nH]2)cc1.